The van der Waals surface area contributed by atoms with E-state index < -0.39 is 42.1 Å². The number of hydrogen-bond acceptors (Lipinski definition) is 25. The third-order valence-electron chi connectivity index (χ3n) is 18.2. The number of aliphatic hydroxyl groups excluding tert-OH is 1. The van der Waals surface area contributed by atoms with Gasteiger partial charge in [0, 0.05) is 88.3 Å². The SMILES string of the molecule is COc1cc2c(cc1OCCCOc1cc3c(cc1OC)C(=O)N1C=C(C)C[C@H]1[C@H](O)N3C(=O)OCc1ccc(CC(=O)[C@H](C)NC(=O)[C@@H](CC(=O)CCOCCOCCOCCOCCOCCOCCOCCOCCNC(=O)CCN3C(=O)CC(SC)C3=O)C(C)C)cc1)N=C[C@@H]1CC(C)=CN1C2=O. The van der Waals surface area contributed by atoms with Crippen molar-refractivity contribution in [3.63, 3.8) is 0 Å². The second-order valence-corrected chi connectivity index (χ2v) is 27.5. The first-order valence-corrected chi connectivity index (χ1v) is 37.5. The Balaban J connectivity index is 0.647. The Bertz CT molecular complexity index is 3610. The lowest BCUT2D eigenvalue weighted by atomic mass is 9.88. The average molecular weight is 1510 g/mol. The number of nitrogens with one attached hydrogen (secondary N) is 2. The number of rotatable bonds is 49. The first-order chi connectivity index (χ1) is 51.7. The van der Waals surface area contributed by atoms with E-state index in [0.29, 0.717) is 152 Å². The van der Waals surface area contributed by atoms with Gasteiger partial charge in [0.25, 0.3) is 11.8 Å². The number of aliphatic hydroxyl groups is 1. The maximum atomic E-state index is 14.3. The summed E-state index contributed by atoms with van der Waals surface area (Å²) in [5, 5.41) is 17.1. The summed E-state index contributed by atoms with van der Waals surface area (Å²) in [6.07, 6.45) is 6.23. The molecule has 0 saturated carbocycles. The Kier molecular flexibility index (Phi) is 34.3. The molecular weight excluding hydrogens is 1410 g/mol. The number of anilines is 1. The van der Waals surface area contributed by atoms with Crippen LogP contribution in [0.2, 0.25) is 0 Å². The molecule has 1 unspecified atom stereocenters. The highest BCUT2D eigenvalue weighted by Crippen LogP contribution is 2.43. The molecule has 7 amide bonds. The molecule has 586 valence electrons. The minimum absolute atomic E-state index is 0.0165. The maximum absolute atomic E-state index is 14.3. The number of methoxy groups -OCH3 is 2. The quantitative estimate of drug-likeness (QED) is 0.0409. The van der Waals surface area contributed by atoms with Gasteiger partial charge in [0.05, 0.1) is 179 Å². The summed E-state index contributed by atoms with van der Waals surface area (Å²) in [4.78, 5) is 128. The molecule has 3 aromatic rings. The zero-order valence-electron chi connectivity index (χ0n) is 62.5. The summed E-state index contributed by atoms with van der Waals surface area (Å²) in [5.41, 5.74) is 4.08. The molecule has 31 heteroatoms. The number of Topliss-reactive ketones (excluding diaryl/α,β-unsaturated/α-hetero) is 2. The van der Waals surface area contributed by atoms with Crippen LogP contribution < -0.4 is 34.5 Å². The van der Waals surface area contributed by atoms with Gasteiger partial charge in [0.1, 0.15) is 12.4 Å². The van der Waals surface area contributed by atoms with Crippen LogP contribution in [0, 0.1) is 11.8 Å². The summed E-state index contributed by atoms with van der Waals surface area (Å²) in [5.74, 6) is -1.90. The van der Waals surface area contributed by atoms with Crippen molar-refractivity contribution >= 4 is 82.5 Å². The minimum atomic E-state index is -1.53. The molecule has 5 aliphatic rings. The number of ketones is 2. The van der Waals surface area contributed by atoms with Crippen LogP contribution >= 0.6 is 11.8 Å². The van der Waals surface area contributed by atoms with Crippen molar-refractivity contribution in [2.45, 2.75) is 122 Å². The molecule has 0 spiro atoms. The normalized spacial score (nSPS) is 17.9. The highest BCUT2D eigenvalue weighted by molar-refractivity contribution is 8.00. The number of ether oxygens (including phenoxy) is 13. The predicted octanol–water partition coefficient (Wildman–Crippen LogP) is 6.35. The van der Waals surface area contributed by atoms with Crippen molar-refractivity contribution in [2.24, 2.45) is 16.8 Å². The number of nitrogens with zero attached hydrogens (tertiary/aromatic N) is 5. The van der Waals surface area contributed by atoms with Crippen LogP contribution in [0.25, 0.3) is 0 Å². The highest BCUT2D eigenvalue weighted by atomic mass is 32.2. The van der Waals surface area contributed by atoms with E-state index in [1.807, 2.05) is 33.9 Å². The largest absolute Gasteiger partial charge is 0.493 e. The lowest BCUT2D eigenvalue weighted by Crippen LogP contribution is -2.50. The summed E-state index contributed by atoms with van der Waals surface area (Å²) in [7, 11) is 2.92. The van der Waals surface area contributed by atoms with Crippen molar-refractivity contribution in [3.8, 4) is 23.0 Å². The predicted molar refractivity (Wildman–Crippen MR) is 393 cm³/mol. The summed E-state index contributed by atoms with van der Waals surface area (Å²) >= 11 is 1.34. The Hall–Kier alpha value is -8.37. The Morgan fingerprint density at radius 2 is 1.16 bits per heavy atom. The molecule has 5 heterocycles. The minimum Gasteiger partial charge on any atom is -0.493 e. The lowest BCUT2D eigenvalue weighted by Gasteiger charge is -2.31. The van der Waals surface area contributed by atoms with Gasteiger partial charge < -0.3 is 87.1 Å². The highest BCUT2D eigenvalue weighted by Gasteiger charge is 2.46. The van der Waals surface area contributed by atoms with Gasteiger partial charge >= 0.3 is 6.09 Å². The van der Waals surface area contributed by atoms with Crippen LogP contribution in [0.3, 0.4) is 0 Å². The molecule has 6 atom stereocenters. The molecule has 1 saturated heterocycles. The third kappa shape index (κ3) is 25.1. The number of thioether (sulfide) groups is 1. The zero-order chi connectivity index (χ0) is 76.8. The Morgan fingerprint density at radius 1 is 0.626 bits per heavy atom. The van der Waals surface area contributed by atoms with Gasteiger partial charge in [-0.3, -0.25) is 48.2 Å². The second-order valence-electron chi connectivity index (χ2n) is 26.5. The van der Waals surface area contributed by atoms with E-state index in [1.54, 1.807) is 66.9 Å². The zero-order valence-corrected chi connectivity index (χ0v) is 63.3. The van der Waals surface area contributed by atoms with Crippen LogP contribution in [0.1, 0.15) is 111 Å². The fourth-order valence-corrected chi connectivity index (χ4v) is 12.9. The van der Waals surface area contributed by atoms with Gasteiger partial charge in [-0.2, -0.15) is 11.8 Å². The van der Waals surface area contributed by atoms with Crippen molar-refractivity contribution < 1.29 is 110 Å². The van der Waals surface area contributed by atoms with Gasteiger partial charge in [-0.05, 0) is 69.0 Å². The molecule has 0 aliphatic carbocycles. The topological polar surface area (TPSA) is 343 Å². The lowest BCUT2D eigenvalue weighted by molar-refractivity contribution is -0.138. The summed E-state index contributed by atoms with van der Waals surface area (Å²) in [6, 6.07) is 11.2. The van der Waals surface area contributed by atoms with Gasteiger partial charge in [-0.1, -0.05) is 49.3 Å². The van der Waals surface area contributed by atoms with Crippen molar-refractivity contribution in [3.05, 3.63) is 94.3 Å². The third-order valence-corrected chi connectivity index (χ3v) is 19.1. The van der Waals surface area contributed by atoms with Crippen LogP contribution in [0.5, 0.6) is 23.0 Å². The van der Waals surface area contributed by atoms with E-state index in [9.17, 15) is 48.3 Å². The van der Waals surface area contributed by atoms with Gasteiger partial charge in [-0.25, -0.2) is 9.69 Å². The van der Waals surface area contributed by atoms with Crippen LogP contribution in [0.15, 0.2) is 77.1 Å². The van der Waals surface area contributed by atoms with E-state index in [4.69, 9.17) is 61.6 Å². The number of benzene rings is 3. The standard InChI is InChI=1S/C76H103N7O23S/c1-49(2)57(39-56(84)15-20-96-22-24-98-26-28-100-30-32-102-34-35-103-33-31-101-29-27-99-25-23-97-21-16-77-69(86)14-17-80-70(87)44-68(107-8)75(80)92)71(88)79-52(5)63(85)38-53-10-12-54(13-11-53)48-106-76(93)83-61-43-67(65(95-7)41-59(61)73(90)82-47-51(4)37-62(82)74(83)91)105-19-9-18-104-66-42-60-58(40-64(66)94-6)72(89)81-46-50(3)36-55(81)45-78-60/h10-13,40-43,45-47,49,52,55,57,62,68,74,91H,9,14-39,44,48H2,1-8H3,(H,77,86)(H,79,88)/t52-,55-,57-,62-,68?,74-/m0/s1. The average Bonchev–Trinajstić information content (AvgIpc) is 1.63. The van der Waals surface area contributed by atoms with E-state index in [0.717, 1.165) is 20.9 Å². The summed E-state index contributed by atoms with van der Waals surface area (Å²) in [6.45, 7) is 15.2. The van der Waals surface area contributed by atoms with Crippen LogP contribution in [0.4, 0.5) is 16.2 Å². The van der Waals surface area contributed by atoms with Crippen molar-refractivity contribution in [2.75, 3.05) is 157 Å². The van der Waals surface area contributed by atoms with E-state index >= 15 is 0 Å². The first kappa shape index (κ1) is 84.3. The summed E-state index contributed by atoms with van der Waals surface area (Å²) < 4.78 is 73.7. The molecule has 3 aromatic carbocycles. The molecule has 5 aliphatic heterocycles. The number of carbonyl (C=O) groups excluding carboxylic acids is 9. The molecule has 3 N–H and O–H groups in total. The molecule has 0 bridgehead atoms. The smallest absolute Gasteiger partial charge is 0.416 e. The number of aliphatic imine (C=N–C) groups is 1. The number of amides is 7. The fraction of sp³-hybridized carbons (Fsp3) is 0.579. The van der Waals surface area contributed by atoms with Gasteiger partial charge in [0.2, 0.25) is 23.6 Å². The molecule has 30 nitrogen and oxygen atoms in total. The van der Waals surface area contributed by atoms with E-state index in [2.05, 4.69) is 15.6 Å². The van der Waals surface area contributed by atoms with Crippen LogP contribution in [-0.4, -0.2) is 261 Å². The van der Waals surface area contributed by atoms with Gasteiger partial charge in [-0.15, -0.1) is 0 Å². The van der Waals surface area contributed by atoms with Gasteiger partial charge in [0.15, 0.2) is 35.0 Å². The van der Waals surface area contributed by atoms with E-state index in [1.165, 1.54) is 43.0 Å². The molecule has 0 aromatic heterocycles. The maximum Gasteiger partial charge on any atom is 0.416 e. The molecule has 1 fully saturated rings. The van der Waals surface area contributed by atoms with Crippen molar-refractivity contribution in [1.29, 1.82) is 0 Å². The Morgan fingerprint density at radius 3 is 1.73 bits per heavy atom. The molecule has 0 radical (unpaired) electrons. The number of hydrogen-bond donors (Lipinski definition) is 3. The van der Waals surface area contributed by atoms with Crippen molar-refractivity contribution in [1.82, 2.24) is 25.3 Å². The molecule has 107 heavy (non-hydrogen) atoms. The first-order valence-electron chi connectivity index (χ1n) is 36.3. The number of fused-ring (bicyclic) bond motifs is 4. The number of carbonyl (C=O) groups is 9. The monoisotopic (exact) mass is 1510 g/mol. The number of imide groups is 1. The fourth-order valence-electron chi connectivity index (χ4n) is 12.3. The Labute approximate surface area is 628 Å². The molecule has 8 rings (SSSR count). The van der Waals surface area contributed by atoms with Crippen LogP contribution in [-0.2, 0) is 84.4 Å². The number of likely N-dealkylation sites (tertiary alicyclic amines) is 1. The van der Waals surface area contributed by atoms with E-state index in [-0.39, 0.29) is 147 Å². The second kappa shape index (κ2) is 43.6. The molecular formula is C76H103N7O23S.